The number of hydrogen-bond donors (Lipinski definition) is 1. The first-order chi connectivity index (χ1) is 13.7. The number of carbonyl (C=O) groups is 2. The predicted octanol–water partition coefficient (Wildman–Crippen LogP) is 6.30. The molecule has 1 N–H and O–H groups in total. The molecule has 0 aliphatic rings. The molecule has 1 aromatic carbocycles. The summed E-state index contributed by atoms with van der Waals surface area (Å²) in [6.45, 7) is 2.73. The van der Waals surface area contributed by atoms with E-state index in [4.69, 9.17) is 0 Å². The predicted molar refractivity (Wildman–Crippen MR) is 118 cm³/mol. The average Bonchev–Trinajstić information content (AvgIpc) is 2.71. The van der Waals surface area contributed by atoms with E-state index in [-0.39, 0.29) is 5.91 Å². The molecule has 0 bridgehead atoms. The number of unbranched alkanes of at least 4 members (excludes halogenated alkanes) is 4. The first-order valence-electron chi connectivity index (χ1n) is 10.8. The number of amides is 1. The van der Waals surface area contributed by atoms with E-state index in [9.17, 15) is 9.59 Å². The Bertz CT molecular complexity index is 590. The molecular weight excluding hydrogens is 346 g/mol. The van der Waals surface area contributed by atoms with Crippen molar-refractivity contribution in [3.63, 3.8) is 0 Å². The quantitative estimate of drug-likeness (QED) is 0.269. The highest BCUT2D eigenvalue weighted by Gasteiger charge is 2.02. The Morgan fingerprint density at radius 1 is 0.821 bits per heavy atom. The van der Waals surface area contributed by atoms with E-state index in [0.29, 0.717) is 31.6 Å². The summed E-state index contributed by atoms with van der Waals surface area (Å²) in [5.41, 5.74) is 1.13. The Kier molecular flexibility index (Phi) is 14.5. The zero-order chi connectivity index (χ0) is 20.3. The van der Waals surface area contributed by atoms with Gasteiger partial charge in [0.05, 0.1) is 0 Å². The van der Waals surface area contributed by atoms with Crippen LogP contribution in [0, 0.1) is 0 Å². The van der Waals surface area contributed by atoms with Crippen LogP contribution >= 0.6 is 0 Å². The van der Waals surface area contributed by atoms with Crippen molar-refractivity contribution in [2.45, 2.75) is 84.1 Å². The van der Waals surface area contributed by atoms with Gasteiger partial charge in [-0.05, 0) is 37.7 Å². The van der Waals surface area contributed by atoms with Gasteiger partial charge in [-0.2, -0.15) is 0 Å². The number of rotatable bonds is 16. The van der Waals surface area contributed by atoms with Crippen molar-refractivity contribution >= 4 is 11.7 Å². The van der Waals surface area contributed by atoms with Gasteiger partial charge in [0.2, 0.25) is 5.91 Å². The van der Waals surface area contributed by atoms with E-state index >= 15 is 0 Å². The lowest BCUT2D eigenvalue weighted by molar-refractivity contribution is -0.121. The topological polar surface area (TPSA) is 46.2 Å². The van der Waals surface area contributed by atoms with Crippen molar-refractivity contribution in [2.24, 2.45) is 0 Å². The number of allylic oxidation sites excluding steroid dienone is 4. The first-order valence-corrected chi connectivity index (χ1v) is 10.8. The molecule has 0 aliphatic heterocycles. The molecular formula is C25H37NO2. The van der Waals surface area contributed by atoms with Gasteiger partial charge in [-0.1, -0.05) is 80.8 Å². The SMILES string of the molecule is CC/C=C\C/C=C\CCC(=O)CCCCCCCC(=O)NCc1ccccc1. The van der Waals surface area contributed by atoms with Crippen molar-refractivity contribution in [3.8, 4) is 0 Å². The summed E-state index contributed by atoms with van der Waals surface area (Å²) in [4.78, 5) is 23.7. The molecule has 0 fully saturated rings. The Morgan fingerprint density at radius 3 is 2.25 bits per heavy atom. The molecule has 0 saturated heterocycles. The number of Topliss-reactive ketones (excluding diaryl/α,β-unsaturated/α-hetero) is 1. The minimum atomic E-state index is 0.122. The molecule has 0 aromatic heterocycles. The van der Waals surface area contributed by atoms with Crippen LogP contribution in [0.1, 0.15) is 83.1 Å². The van der Waals surface area contributed by atoms with Crippen LogP contribution in [-0.4, -0.2) is 11.7 Å². The van der Waals surface area contributed by atoms with Gasteiger partial charge in [-0.25, -0.2) is 0 Å². The lowest BCUT2D eigenvalue weighted by Gasteiger charge is -2.05. The summed E-state index contributed by atoms with van der Waals surface area (Å²) in [7, 11) is 0. The number of nitrogens with one attached hydrogen (secondary N) is 1. The second-order valence-electron chi connectivity index (χ2n) is 7.19. The molecule has 0 atom stereocenters. The fourth-order valence-electron chi connectivity index (χ4n) is 2.95. The Labute approximate surface area is 171 Å². The molecule has 1 aromatic rings. The molecule has 0 aliphatic carbocycles. The maximum absolute atomic E-state index is 11.8. The molecule has 154 valence electrons. The molecule has 0 heterocycles. The number of hydrogen-bond acceptors (Lipinski definition) is 2. The van der Waals surface area contributed by atoms with Crippen LogP contribution < -0.4 is 5.32 Å². The average molecular weight is 384 g/mol. The van der Waals surface area contributed by atoms with E-state index in [1.807, 2.05) is 30.3 Å². The van der Waals surface area contributed by atoms with Crippen LogP contribution in [0.3, 0.4) is 0 Å². The van der Waals surface area contributed by atoms with Crippen LogP contribution in [0.5, 0.6) is 0 Å². The van der Waals surface area contributed by atoms with Gasteiger partial charge in [0, 0.05) is 25.8 Å². The standard InChI is InChI=1S/C25H37NO2/c1-2-3-4-5-6-8-14-19-24(27)20-15-9-7-10-16-21-25(28)26-22-23-17-12-11-13-18-23/h3-4,6,8,11-13,17-18H,2,5,7,9-10,14-16,19-22H2,1H3,(H,26,28)/b4-3-,8-6-. The Morgan fingerprint density at radius 2 is 1.50 bits per heavy atom. The Hall–Kier alpha value is -2.16. The summed E-state index contributed by atoms with van der Waals surface area (Å²) in [6.07, 6.45) is 18.5. The van der Waals surface area contributed by atoms with Gasteiger partial charge in [0.1, 0.15) is 5.78 Å². The zero-order valence-electron chi connectivity index (χ0n) is 17.5. The molecule has 1 rings (SSSR count). The van der Waals surface area contributed by atoms with Crippen molar-refractivity contribution in [1.29, 1.82) is 0 Å². The van der Waals surface area contributed by atoms with Crippen molar-refractivity contribution in [2.75, 3.05) is 0 Å². The molecule has 3 nitrogen and oxygen atoms in total. The maximum atomic E-state index is 11.8. The number of benzene rings is 1. The second kappa shape index (κ2) is 17.0. The van der Waals surface area contributed by atoms with Gasteiger partial charge < -0.3 is 5.32 Å². The van der Waals surface area contributed by atoms with Crippen LogP contribution in [-0.2, 0) is 16.1 Å². The largest absolute Gasteiger partial charge is 0.352 e. The second-order valence-corrected chi connectivity index (χ2v) is 7.19. The third-order valence-electron chi connectivity index (χ3n) is 4.62. The zero-order valence-corrected chi connectivity index (χ0v) is 17.5. The summed E-state index contributed by atoms with van der Waals surface area (Å²) in [6, 6.07) is 9.97. The highest BCUT2D eigenvalue weighted by molar-refractivity contribution is 5.78. The van der Waals surface area contributed by atoms with Gasteiger partial charge in [-0.3, -0.25) is 9.59 Å². The fraction of sp³-hybridized carbons (Fsp3) is 0.520. The summed E-state index contributed by atoms with van der Waals surface area (Å²) in [5, 5.41) is 2.96. The van der Waals surface area contributed by atoms with Crippen molar-refractivity contribution < 1.29 is 9.59 Å². The van der Waals surface area contributed by atoms with Gasteiger partial charge in [-0.15, -0.1) is 0 Å². The first kappa shape index (κ1) is 23.9. The lowest BCUT2D eigenvalue weighted by Crippen LogP contribution is -2.22. The maximum Gasteiger partial charge on any atom is 0.220 e. The van der Waals surface area contributed by atoms with Crippen LogP contribution in [0.15, 0.2) is 54.6 Å². The van der Waals surface area contributed by atoms with Crippen molar-refractivity contribution in [1.82, 2.24) is 5.32 Å². The smallest absolute Gasteiger partial charge is 0.220 e. The normalized spacial score (nSPS) is 11.3. The Balaban J connectivity index is 1.90. The van der Waals surface area contributed by atoms with Crippen LogP contribution in [0.4, 0.5) is 0 Å². The molecule has 28 heavy (non-hydrogen) atoms. The number of carbonyl (C=O) groups excluding carboxylic acids is 2. The monoisotopic (exact) mass is 383 g/mol. The van der Waals surface area contributed by atoms with Gasteiger partial charge in [0.25, 0.3) is 0 Å². The minimum Gasteiger partial charge on any atom is -0.352 e. The molecule has 0 radical (unpaired) electrons. The van der Waals surface area contributed by atoms with Crippen LogP contribution in [0.25, 0.3) is 0 Å². The van der Waals surface area contributed by atoms with E-state index < -0.39 is 0 Å². The molecule has 1 amide bonds. The van der Waals surface area contributed by atoms with E-state index in [2.05, 4.69) is 36.5 Å². The fourth-order valence-corrected chi connectivity index (χ4v) is 2.95. The molecule has 3 heteroatoms. The lowest BCUT2D eigenvalue weighted by atomic mass is 10.0. The summed E-state index contributed by atoms with van der Waals surface area (Å²) < 4.78 is 0. The molecule has 0 spiro atoms. The third-order valence-corrected chi connectivity index (χ3v) is 4.62. The third kappa shape index (κ3) is 14.0. The molecule has 0 saturated carbocycles. The van der Waals surface area contributed by atoms with Crippen molar-refractivity contribution in [3.05, 3.63) is 60.2 Å². The highest BCUT2D eigenvalue weighted by Crippen LogP contribution is 2.09. The van der Waals surface area contributed by atoms with Crippen LogP contribution in [0.2, 0.25) is 0 Å². The highest BCUT2D eigenvalue weighted by atomic mass is 16.1. The van der Waals surface area contributed by atoms with E-state index in [1.54, 1.807) is 0 Å². The molecule has 0 unspecified atom stereocenters. The van der Waals surface area contributed by atoms with E-state index in [0.717, 1.165) is 56.9 Å². The van der Waals surface area contributed by atoms with Gasteiger partial charge >= 0.3 is 0 Å². The number of ketones is 1. The van der Waals surface area contributed by atoms with Gasteiger partial charge in [0.15, 0.2) is 0 Å². The summed E-state index contributed by atoms with van der Waals surface area (Å²) >= 11 is 0. The minimum absolute atomic E-state index is 0.122. The summed E-state index contributed by atoms with van der Waals surface area (Å²) in [5.74, 6) is 0.492. The van der Waals surface area contributed by atoms with E-state index in [1.165, 1.54) is 0 Å².